The Balaban J connectivity index is 2.32. The van der Waals surface area contributed by atoms with Crippen molar-refractivity contribution in [1.82, 2.24) is 5.32 Å². The number of esters is 1. The van der Waals surface area contributed by atoms with Crippen LogP contribution in [0, 0.1) is 0 Å². The van der Waals surface area contributed by atoms with Crippen molar-refractivity contribution in [3.63, 3.8) is 0 Å². The van der Waals surface area contributed by atoms with Crippen molar-refractivity contribution in [2.75, 3.05) is 0 Å². The number of hydrogen-bond donors (Lipinski definition) is 2. The summed E-state index contributed by atoms with van der Waals surface area (Å²) in [6.07, 6.45) is -1.31. The van der Waals surface area contributed by atoms with E-state index in [1.807, 2.05) is 0 Å². The minimum Gasteiger partial charge on any atom is -0.463 e. The molecule has 0 aromatic heterocycles. The van der Waals surface area contributed by atoms with Crippen LogP contribution in [0.15, 0.2) is 30.3 Å². The first-order valence-electron chi connectivity index (χ1n) is 7.15. The molecule has 2 amide bonds. The lowest BCUT2D eigenvalue weighted by atomic mass is 10.1. The van der Waals surface area contributed by atoms with Crippen LogP contribution in [0.25, 0.3) is 0 Å². The Morgan fingerprint density at radius 1 is 1.18 bits per heavy atom. The molecule has 2 N–H and O–H groups in total. The van der Waals surface area contributed by atoms with Gasteiger partial charge in [0.25, 0.3) is 5.91 Å². The van der Waals surface area contributed by atoms with Crippen LogP contribution in [0.4, 0.5) is 0 Å². The normalized spacial score (nSPS) is 11.8. The predicted molar refractivity (Wildman–Crippen MR) is 80.0 cm³/mol. The van der Waals surface area contributed by atoms with Crippen LogP contribution in [0.1, 0.15) is 43.5 Å². The van der Waals surface area contributed by atoms with Gasteiger partial charge in [0.1, 0.15) is 0 Å². The smallest absolute Gasteiger partial charge is 0.306 e. The summed E-state index contributed by atoms with van der Waals surface area (Å²) in [5.41, 5.74) is 0.367. The average molecular weight is 307 g/mol. The lowest BCUT2D eigenvalue weighted by Crippen LogP contribution is -2.33. The molecule has 0 aliphatic rings. The molecular formula is C16H21NO5. The third-order valence-electron chi connectivity index (χ3n) is 2.76. The van der Waals surface area contributed by atoms with Gasteiger partial charge in [-0.15, -0.1) is 0 Å². The second-order valence-corrected chi connectivity index (χ2v) is 5.18. The molecule has 0 saturated carbocycles. The van der Waals surface area contributed by atoms with E-state index in [0.717, 1.165) is 0 Å². The quantitative estimate of drug-likeness (QED) is 0.743. The van der Waals surface area contributed by atoms with Gasteiger partial charge in [-0.05, 0) is 32.4 Å². The van der Waals surface area contributed by atoms with Crippen molar-refractivity contribution in [1.29, 1.82) is 0 Å². The van der Waals surface area contributed by atoms with E-state index in [2.05, 4.69) is 5.32 Å². The molecular weight excluding hydrogens is 286 g/mol. The maximum Gasteiger partial charge on any atom is 0.306 e. The topological polar surface area (TPSA) is 92.7 Å². The monoisotopic (exact) mass is 307 g/mol. The Morgan fingerprint density at radius 3 is 2.41 bits per heavy atom. The minimum absolute atomic E-state index is 0.0270. The van der Waals surface area contributed by atoms with Crippen LogP contribution in [-0.4, -0.2) is 35.1 Å². The van der Waals surface area contributed by atoms with Crippen LogP contribution in [0.5, 0.6) is 0 Å². The molecule has 0 saturated heterocycles. The molecule has 0 heterocycles. The van der Waals surface area contributed by atoms with Crippen molar-refractivity contribution < 1.29 is 24.2 Å². The van der Waals surface area contributed by atoms with Gasteiger partial charge in [-0.3, -0.25) is 19.7 Å². The molecule has 0 spiro atoms. The zero-order valence-electron chi connectivity index (χ0n) is 12.7. The fourth-order valence-corrected chi connectivity index (χ4v) is 1.76. The lowest BCUT2D eigenvalue weighted by molar-refractivity contribution is -0.148. The molecule has 0 bridgehead atoms. The molecule has 0 fully saturated rings. The Labute approximate surface area is 129 Å². The van der Waals surface area contributed by atoms with Gasteiger partial charge in [0.05, 0.1) is 18.6 Å². The number of carbonyl (C=O) groups is 3. The highest BCUT2D eigenvalue weighted by Crippen LogP contribution is 2.05. The van der Waals surface area contributed by atoms with Crippen molar-refractivity contribution in [2.45, 2.75) is 45.3 Å². The summed E-state index contributed by atoms with van der Waals surface area (Å²) in [4.78, 5) is 34.7. The maximum absolute atomic E-state index is 11.7. The SMILES string of the molecule is CC(C)OC(=O)CC[C@H](O)CC(=O)NC(=O)c1ccccc1. The number of aliphatic hydroxyl groups excluding tert-OH is 1. The fourth-order valence-electron chi connectivity index (χ4n) is 1.76. The van der Waals surface area contributed by atoms with E-state index < -0.39 is 23.9 Å². The summed E-state index contributed by atoms with van der Waals surface area (Å²) in [7, 11) is 0. The van der Waals surface area contributed by atoms with Gasteiger partial charge in [-0.25, -0.2) is 0 Å². The molecule has 1 atom stereocenters. The highest BCUT2D eigenvalue weighted by Gasteiger charge is 2.16. The summed E-state index contributed by atoms with van der Waals surface area (Å²) in [6.45, 7) is 3.47. The number of amides is 2. The van der Waals surface area contributed by atoms with Gasteiger partial charge >= 0.3 is 5.97 Å². The van der Waals surface area contributed by atoms with E-state index in [9.17, 15) is 19.5 Å². The van der Waals surface area contributed by atoms with Gasteiger partial charge in [0.15, 0.2) is 0 Å². The number of rotatable bonds is 7. The van der Waals surface area contributed by atoms with Crippen LogP contribution < -0.4 is 5.32 Å². The van der Waals surface area contributed by atoms with Crippen LogP contribution >= 0.6 is 0 Å². The van der Waals surface area contributed by atoms with Crippen LogP contribution in [0.3, 0.4) is 0 Å². The van der Waals surface area contributed by atoms with Gasteiger partial charge < -0.3 is 9.84 Å². The third-order valence-corrected chi connectivity index (χ3v) is 2.76. The molecule has 0 unspecified atom stereocenters. The second kappa shape index (κ2) is 8.94. The Morgan fingerprint density at radius 2 is 1.82 bits per heavy atom. The molecule has 1 aromatic carbocycles. The number of ether oxygens (including phenoxy) is 1. The van der Waals surface area contributed by atoms with Gasteiger partial charge in [0.2, 0.25) is 5.91 Å². The molecule has 22 heavy (non-hydrogen) atoms. The number of aliphatic hydroxyl groups is 1. The van der Waals surface area contributed by atoms with Gasteiger partial charge in [0, 0.05) is 12.0 Å². The Hall–Kier alpha value is -2.21. The highest BCUT2D eigenvalue weighted by atomic mass is 16.5. The fraction of sp³-hybridized carbons (Fsp3) is 0.438. The van der Waals surface area contributed by atoms with Gasteiger partial charge in [-0.2, -0.15) is 0 Å². The molecule has 6 heteroatoms. The highest BCUT2D eigenvalue weighted by molar-refractivity contribution is 6.04. The molecule has 0 radical (unpaired) electrons. The summed E-state index contributed by atoms with van der Waals surface area (Å²) in [6, 6.07) is 8.31. The Kier molecular flexibility index (Phi) is 7.25. The number of nitrogens with one attached hydrogen (secondary N) is 1. The number of carbonyl (C=O) groups excluding carboxylic acids is 3. The zero-order chi connectivity index (χ0) is 16.5. The van der Waals surface area contributed by atoms with E-state index in [1.165, 1.54) is 0 Å². The summed E-state index contributed by atoms with van der Waals surface area (Å²) < 4.78 is 4.92. The van der Waals surface area contributed by atoms with Crippen LogP contribution in [-0.2, 0) is 14.3 Å². The van der Waals surface area contributed by atoms with E-state index in [1.54, 1.807) is 44.2 Å². The summed E-state index contributed by atoms with van der Waals surface area (Å²) in [5.74, 6) is -1.52. The largest absolute Gasteiger partial charge is 0.463 e. The minimum atomic E-state index is -0.997. The average Bonchev–Trinajstić information content (AvgIpc) is 2.45. The lowest BCUT2D eigenvalue weighted by Gasteiger charge is -2.11. The third kappa shape index (κ3) is 6.99. The molecule has 6 nitrogen and oxygen atoms in total. The molecule has 1 rings (SSSR count). The van der Waals surface area contributed by atoms with Crippen LogP contribution in [0.2, 0.25) is 0 Å². The molecule has 0 aliphatic heterocycles. The van der Waals surface area contributed by atoms with Crippen molar-refractivity contribution in [3.8, 4) is 0 Å². The Bertz CT molecular complexity index is 513. The maximum atomic E-state index is 11.7. The van der Waals surface area contributed by atoms with E-state index >= 15 is 0 Å². The van der Waals surface area contributed by atoms with E-state index in [-0.39, 0.29) is 25.4 Å². The first-order chi connectivity index (χ1) is 10.4. The molecule has 1 aromatic rings. The second-order valence-electron chi connectivity index (χ2n) is 5.18. The van der Waals surface area contributed by atoms with E-state index in [4.69, 9.17) is 4.74 Å². The van der Waals surface area contributed by atoms with Crippen molar-refractivity contribution in [3.05, 3.63) is 35.9 Å². The van der Waals surface area contributed by atoms with Crippen molar-refractivity contribution >= 4 is 17.8 Å². The van der Waals surface area contributed by atoms with E-state index in [0.29, 0.717) is 5.56 Å². The number of hydrogen-bond acceptors (Lipinski definition) is 5. The summed E-state index contributed by atoms with van der Waals surface area (Å²) >= 11 is 0. The summed E-state index contributed by atoms with van der Waals surface area (Å²) in [5, 5.41) is 11.9. The van der Waals surface area contributed by atoms with Gasteiger partial charge in [-0.1, -0.05) is 18.2 Å². The zero-order valence-corrected chi connectivity index (χ0v) is 12.7. The number of imide groups is 1. The molecule has 0 aliphatic carbocycles. The first-order valence-corrected chi connectivity index (χ1v) is 7.15. The predicted octanol–water partition coefficient (Wildman–Crippen LogP) is 1.43. The first kappa shape index (κ1) is 17.8. The standard InChI is InChI=1S/C16H21NO5/c1-11(2)22-15(20)9-8-13(18)10-14(19)17-16(21)12-6-4-3-5-7-12/h3-7,11,13,18H,8-10H2,1-2H3,(H,17,19,21)/t13-/m0/s1. The number of benzene rings is 1. The molecule has 120 valence electrons. The van der Waals surface area contributed by atoms with Crippen molar-refractivity contribution in [2.24, 2.45) is 0 Å².